The quantitative estimate of drug-likeness (QED) is 0.666. The van der Waals surface area contributed by atoms with Gasteiger partial charge in [0.25, 0.3) is 5.69 Å². The summed E-state index contributed by atoms with van der Waals surface area (Å²) in [7, 11) is 0. The lowest BCUT2D eigenvalue weighted by Crippen LogP contribution is -2.11. The van der Waals surface area contributed by atoms with Crippen molar-refractivity contribution in [2.24, 2.45) is 5.92 Å². The highest BCUT2D eigenvalue weighted by Crippen LogP contribution is 2.32. The molecule has 1 saturated heterocycles. The van der Waals surface area contributed by atoms with Crippen molar-refractivity contribution in [2.75, 3.05) is 19.7 Å². The largest absolute Gasteiger partial charge is 0.492 e. The Morgan fingerprint density at radius 3 is 3.00 bits per heavy atom. The van der Waals surface area contributed by atoms with Gasteiger partial charge in [0.15, 0.2) is 0 Å². The Labute approximate surface area is 120 Å². The van der Waals surface area contributed by atoms with E-state index >= 15 is 0 Å². The van der Waals surface area contributed by atoms with Gasteiger partial charge in [-0.25, -0.2) is 0 Å². The highest BCUT2D eigenvalue weighted by atomic mass is 79.9. The summed E-state index contributed by atoms with van der Waals surface area (Å²) in [5.41, 5.74) is 0.727. The van der Waals surface area contributed by atoms with Crippen LogP contribution in [0.1, 0.15) is 18.4 Å². The van der Waals surface area contributed by atoms with E-state index in [1.54, 1.807) is 13.0 Å². The summed E-state index contributed by atoms with van der Waals surface area (Å²) >= 11 is 3.32. The number of nitrogens with zero attached hydrogens (tertiary/aromatic N) is 1. The van der Waals surface area contributed by atoms with E-state index in [9.17, 15) is 10.1 Å². The number of ether oxygens (including phenoxy) is 1. The standard InChI is InChI=1S/C13H17BrN2O3/c1-9-6-13(11(14)7-12(9)16(17)18)19-5-3-10-2-4-15-8-10/h6-7,10,15H,2-5,8H2,1H3. The molecule has 0 spiro atoms. The van der Waals surface area contributed by atoms with Crippen molar-refractivity contribution < 1.29 is 9.66 Å². The van der Waals surface area contributed by atoms with E-state index in [1.807, 2.05) is 0 Å². The topological polar surface area (TPSA) is 64.4 Å². The molecule has 2 rings (SSSR count). The fourth-order valence-electron chi connectivity index (χ4n) is 2.25. The third-order valence-electron chi connectivity index (χ3n) is 3.39. The van der Waals surface area contributed by atoms with Crippen LogP contribution in [0, 0.1) is 23.0 Å². The first-order valence-electron chi connectivity index (χ1n) is 6.36. The maximum Gasteiger partial charge on any atom is 0.273 e. The minimum absolute atomic E-state index is 0.110. The van der Waals surface area contributed by atoms with Gasteiger partial charge in [-0.1, -0.05) is 0 Å². The molecule has 0 amide bonds. The molecule has 104 valence electrons. The minimum atomic E-state index is -0.381. The predicted octanol–water partition coefficient (Wildman–Crippen LogP) is 3.04. The molecular formula is C13H17BrN2O3. The third kappa shape index (κ3) is 3.67. The molecular weight excluding hydrogens is 312 g/mol. The Hall–Kier alpha value is -1.14. The van der Waals surface area contributed by atoms with Gasteiger partial charge in [0.05, 0.1) is 16.0 Å². The van der Waals surface area contributed by atoms with Gasteiger partial charge in [0.1, 0.15) is 5.75 Å². The van der Waals surface area contributed by atoms with E-state index in [4.69, 9.17) is 4.74 Å². The van der Waals surface area contributed by atoms with Crippen LogP contribution in [0.2, 0.25) is 0 Å². The maximum atomic E-state index is 10.8. The van der Waals surface area contributed by atoms with E-state index < -0.39 is 0 Å². The van der Waals surface area contributed by atoms with Crippen LogP contribution < -0.4 is 10.1 Å². The highest BCUT2D eigenvalue weighted by Gasteiger charge is 2.17. The number of benzene rings is 1. The van der Waals surface area contributed by atoms with Crippen LogP contribution in [-0.2, 0) is 0 Å². The molecule has 0 aromatic heterocycles. The van der Waals surface area contributed by atoms with Crippen molar-refractivity contribution in [1.82, 2.24) is 5.32 Å². The Morgan fingerprint density at radius 2 is 2.37 bits per heavy atom. The molecule has 19 heavy (non-hydrogen) atoms. The zero-order chi connectivity index (χ0) is 13.8. The Balaban J connectivity index is 1.96. The van der Waals surface area contributed by atoms with E-state index in [1.165, 1.54) is 12.5 Å². The molecule has 5 nitrogen and oxygen atoms in total. The average Bonchev–Trinajstić information content (AvgIpc) is 2.85. The lowest BCUT2D eigenvalue weighted by Gasteiger charge is -2.12. The van der Waals surface area contributed by atoms with Crippen LogP contribution in [0.25, 0.3) is 0 Å². The van der Waals surface area contributed by atoms with Gasteiger partial charge in [-0.3, -0.25) is 10.1 Å². The molecule has 1 unspecified atom stereocenters. The molecule has 1 heterocycles. The lowest BCUT2D eigenvalue weighted by molar-refractivity contribution is -0.385. The van der Waals surface area contributed by atoms with Gasteiger partial charge in [-0.2, -0.15) is 0 Å². The van der Waals surface area contributed by atoms with Gasteiger partial charge in [-0.05, 0) is 60.8 Å². The number of hydrogen-bond acceptors (Lipinski definition) is 4. The zero-order valence-electron chi connectivity index (χ0n) is 10.8. The summed E-state index contributed by atoms with van der Waals surface area (Å²) in [6, 6.07) is 3.22. The molecule has 1 aromatic carbocycles. The second-order valence-electron chi connectivity index (χ2n) is 4.82. The summed E-state index contributed by atoms with van der Waals surface area (Å²) in [6.07, 6.45) is 2.21. The minimum Gasteiger partial charge on any atom is -0.492 e. The molecule has 1 aliphatic heterocycles. The van der Waals surface area contributed by atoms with Gasteiger partial charge in [-0.15, -0.1) is 0 Å². The monoisotopic (exact) mass is 328 g/mol. The second kappa shape index (κ2) is 6.34. The number of nitro benzene ring substituents is 1. The summed E-state index contributed by atoms with van der Waals surface area (Å²) < 4.78 is 6.35. The lowest BCUT2D eigenvalue weighted by atomic mass is 10.1. The van der Waals surface area contributed by atoms with E-state index in [0.29, 0.717) is 28.3 Å². The average molecular weight is 329 g/mol. The number of halogens is 1. The summed E-state index contributed by atoms with van der Waals surface area (Å²) in [4.78, 5) is 10.4. The summed E-state index contributed by atoms with van der Waals surface area (Å²) in [5.74, 6) is 1.35. The van der Waals surface area contributed by atoms with Crippen molar-refractivity contribution in [3.05, 3.63) is 32.3 Å². The van der Waals surface area contributed by atoms with E-state index in [2.05, 4.69) is 21.2 Å². The Bertz CT molecular complexity index is 473. The van der Waals surface area contributed by atoms with Gasteiger partial charge in [0, 0.05) is 11.6 Å². The molecule has 1 fully saturated rings. The molecule has 6 heteroatoms. The number of rotatable bonds is 5. The molecule has 1 N–H and O–H groups in total. The normalized spacial score (nSPS) is 18.5. The van der Waals surface area contributed by atoms with Crippen LogP contribution in [0.3, 0.4) is 0 Å². The van der Waals surface area contributed by atoms with Crippen molar-refractivity contribution in [3.8, 4) is 5.75 Å². The van der Waals surface area contributed by atoms with Crippen LogP contribution >= 0.6 is 15.9 Å². The summed E-state index contributed by atoms with van der Waals surface area (Å²) in [6.45, 7) is 4.51. The number of hydrogen-bond donors (Lipinski definition) is 1. The van der Waals surface area contributed by atoms with Crippen LogP contribution in [0.15, 0.2) is 16.6 Å². The third-order valence-corrected chi connectivity index (χ3v) is 4.01. The molecule has 0 aliphatic carbocycles. The van der Waals surface area contributed by atoms with E-state index in [-0.39, 0.29) is 10.6 Å². The molecule has 0 saturated carbocycles. The van der Waals surface area contributed by atoms with Crippen molar-refractivity contribution in [2.45, 2.75) is 19.8 Å². The van der Waals surface area contributed by atoms with Crippen LogP contribution in [0.4, 0.5) is 5.69 Å². The predicted molar refractivity (Wildman–Crippen MR) is 76.6 cm³/mol. The van der Waals surface area contributed by atoms with Crippen molar-refractivity contribution in [3.63, 3.8) is 0 Å². The first-order chi connectivity index (χ1) is 9.08. The second-order valence-corrected chi connectivity index (χ2v) is 5.68. The Kier molecular flexibility index (Phi) is 4.76. The van der Waals surface area contributed by atoms with Gasteiger partial charge < -0.3 is 10.1 Å². The molecule has 0 radical (unpaired) electrons. The van der Waals surface area contributed by atoms with Crippen LogP contribution in [-0.4, -0.2) is 24.6 Å². The molecule has 1 aromatic rings. The summed E-state index contributed by atoms with van der Waals surface area (Å²) in [5, 5.41) is 14.1. The maximum absolute atomic E-state index is 10.8. The first-order valence-corrected chi connectivity index (χ1v) is 7.15. The number of nitro groups is 1. The fourth-order valence-corrected chi connectivity index (χ4v) is 2.69. The highest BCUT2D eigenvalue weighted by molar-refractivity contribution is 9.10. The SMILES string of the molecule is Cc1cc(OCCC2CCNC2)c(Br)cc1[N+](=O)[O-]. The number of aryl methyl sites for hydroxylation is 1. The van der Waals surface area contributed by atoms with E-state index in [0.717, 1.165) is 19.5 Å². The smallest absolute Gasteiger partial charge is 0.273 e. The van der Waals surface area contributed by atoms with Gasteiger partial charge >= 0.3 is 0 Å². The molecule has 1 atom stereocenters. The zero-order valence-corrected chi connectivity index (χ0v) is 12.4. The fraction of sp³-hybridized carbons (Fsp3) is 0.538. The molecule has 0 bridgehead atoms. The number of nitrogens with one attached hydrogen (secondary N) is 1. The van der Waals surface area contributed by atoms with Crippen molar-refractivity contribution in [1.29, 1.82) is 0 Å². The molecule has 1 aliphatic rings. The Morgan fingerprint density at radius 1 is 1.58 bits per heavy atom. The van der Waals surface area contributed by atoms with Crippen molar-refractivity contribution >= 4 is 21.6 Å². The first kappa shape index (κ1) is 14.3. The van der Waals surface area contributed by atoms with Crippen LogP contribution in [0.5, 0.6) is 5.75 Å². The van der Waals surface area contributed by atoms with Gasteiger partial charge in [0.2, 0.25) is 0 Å².